The lowest BCUT2D eigenvalue weighted by atomic mass is 9.33. The predicted molar refractivity (Wildman–Crippen MR) is 333 cm³/mol. The van der Waals surface area contributed by atoms with Gasteiger partial charge in [0.05, 0.1) is 17.1 Å². The second-order valence-corrected chi connectivity index (χ2v) is 21.0. The van der Waals surface area contributed by atoms with Crippen molar-refractivity contribution in [2.75, 3.05) is 24.5 Å². The molecule has 0 radical (unpaired) electrons. The quantitative estimate of drug-likeness (QED) is 0.120. The maximum absolute atomic E-state index is 2.61. The van der Waals surface area contributed by atoms with Crippen LogP contribution in [-0.4, -0.2) is 6.71 Å². The van der Waals surface area contributed by atoms with Crippen LogP contribution in [0.15, 0.2) is 255 Å². The van der Waals surface area contributed by atoms with Crippen LogP contribution in [-0.2, 0) is 0 Å². The van der Waals surface area contributed by atoms with Gasteiger partial charge in [-0.3, -0.25) is 0 Å². The van der Waals surface area contributed by atoms with E-state index in [1.165, 1.54) is 61.1 Å². The molecule has 2 aliphatic heterocycles. The second kappa shape index (κ2) is 19.9. The molecule has 11 aromatic carbocycles. The Kier molecular flexibility index (Phi) is 12.3. The normalized spacial score (nSPS) is 12.2. The minimum atomic E-state index is -0.146. The van der Waals surface area contributed by atoms with Crippen molar-refractivity contribution < 1.29 is 0 Å². The Hall–Kier alpha value is -9.52. The van der Waals surface area contributed by atoms with Crippen molar-refractivity contribution >= 4 is 108 Å². The monoisotopic (exact) mass is 1010 g/mol. The van der Waals surface area contributed by atoms with E-state index < -0.39 is 0 Å². The van der Waals surface area contributed by atoms with Crippen LogP contribution in [0.4, 0.5) is 85.3 Å². The standard InChI is InChI=1S/C72H60BN5/c1-49-41-51(3)71(52(4)42-49)77-66-45-61(74(55-25-13-7-14-26-55)56-27-15-8-16-28-56)37-39-64(66)73-65-40-38-62(75(57-29-17-9-18-30-57)58-31-19-10-20-32-58)46-67(65)78(72-53(5)43-50(2)44-54(72)6)69-48-63(47-68(77)70(69)73)76(59-33-21-11-22-34-59)60-35-23-12-24-36-60/h7-48H,1-6H3. The van der Waals surface area contributed by atoms with E-state index in [4.69, 9.17) is 0 Å². The molecule has 0 saturated heterocycles. The van der Waals surface area contributed by atoms with Gasteiger partial charge in [-0.15, -0.1) is 0 Å². The summed E-state index contributed by atoms with van der Waals surface area (Å²) in [4.78, 5) is 12.4. The molecule has 5 nitrogen and oxygen atoms in total. The summed E-state index contributed by atoms with van der Waals surface area (Å²) < 4.78 is 0. The highest BCUT2D eigenvalue weighted by molar-refractivity contribution is 7.00. The zero-order valence-electron chi connectivity index (χ0n) is 45.1. The Bertz CT molecular complexity index is 3620. The first-order valence-electron chi connectivity index (χ1n) is 27.1. The van der Waals surface area contributed by atoms with Crippen LogP contribution in [0, 0.1) is 41.5 Å². The molecule has 2 heterocycles. The number of hydrogen-bond acceptors (Lipinski definition) is 5. The van der Waals surface area contributed by atoms with Gasteiger partial charge < -0.3 is 24.5 Å². The zero-order valence-corrected chi connectivity index (χ0v) is 45.1. The molecule has 2 aliphatic rings. The molecule has 78 heavy (non-hydrogen) atoms. The number of hydrogen-bond donors (Lipinski definition) is 0. The molecular formula is C72H60BN5. The van der Waals surface area contributed by atoms with Gasteiger partial charge in [0.1, 0.15) is 0 Å². The number of nitrogens with zero attached hydrogens (tertiary/aromatic N) is 5. The minimum absolute atomic E-state index is 0.146. The highest BCUT2D eigenvalue weighted by atomic mass is 15.2. The first kappa shape index (κ1) is 48.1. The molecule has 0 fully saturated rings. The first-order valence-corrected chi connectivity index (χ1v) is 27.1. The van der Waals surface area contributed by atoms with Crippen molar-refractivity contribution in [3.8, 4) is 0 Å². The van der Waals surface area contributed by atoms with E-state index in [1.807, 2.05) is 0 Å². The molecule has 0 N–H and O–H groups in total. The molecule has 0 atom stereocenters. The minimum Gasteiger partial charge on any atom is -0.311 e. The van der Waals surface area contributed by atoms with Crippen LogP contribution in [0.25, 0.3) is 0 Å². The fraction of sp³-hybridized carbons (Fsp3) is 0.0833. The van der Waals surface area contributed by atoms with Gasteiger partial charge in [0, 0.05) is 68.2 Å². The summed E-state index contributed by atoms with van der Waals surface area (Å²) in [7, 11) is 0. The number of rotatable bonds is 11. The Morgan fingerprint density at radius 3 is 0.795 bits per heavy atom. The second-order valence-electron chi connectivity index (χ2n) is 21.0. The SMILES string of the molecule is Cc1cc(C)c(N2c3cc(N(c4ccccc4)c4ccccc4)ccc3B3c4ccc(N(c5ccccc5)c5ccccc5)cc4N(c4c(C)cc(C)cc4C)c4cc(N(c5ccccc5)c5ccccc5)cc2c43)c(C)c1. The highest BCUT2D eigenvalue weighted by Crippen LogP contribution is 2.52. The van der Waals surface area contributed by atoms with Gasteiger partial charge >= 0.3 is 0 Å². The molecule has 11 aromatic rings. The first-order chi connectivity index (χ1) is 38.2. The number of benzene rings is 11. The van der Waals surface area contributed by atoms with E-state index in [9.17, 15) is 0 Å². The number of aryl methyl sites for hydroxylation is 6. The molecule has 0 unspecified atom stereocenters. The summed E-state index contributed by atoms with van der Waals surface area (Å²) in [5.74, 6) is 0. The maximum atomic E-state index is 2.61. The summed E-state index contributed by atoms with van der Waals surface area (Å²) in [5.41, 5.74) is 27.8. The van der Waals surface area contributed by atoms with Crippen molar-refractivity contribution in [3.05, 3.63) is 288 Å². The Labute approximate surface area is 460 Å². The molecule has 0 spiro atoms. The van der Waals surface area contributed by atoms with Crippen LogP contribution in [0.2, 0.25) is 0 Å². The third-order valence-electron chi connectivity index (χ3n) is 15.6. The van der Waals surface area contributed by atoms with Crippen LogP contribution >= 0.6 is 0 Å². The van der Waals surface area contributed by atoms with Gasteiger partial charge in [-0.2, -0.15) is 0 Å². The summed E-state index contributed by atoms with van der Waals surface area (Å²) in [6.07, 6.45) is 0. The van der Waals surface area contributed by atoms with Crippen molar-refractivity contribution in [1.29, 1.82) is 0 Å². The summed E-state index contributed by atoms with van der Waals surface area (Å²) in [5, 5.41) is 0. The smallest absolute Gasteiger partial charge is 0.252 e. The van der Waals surface area contributed by atoms with Gasteiger partial charge in [0.2, 0.25) is 0 Å². The van der Waals surface area contributed by atoms with Crippen molar-refractivity contribution in [1.82, 2.24) is 0 Å². The van der Waals surface area contributed by atoms with E-state index in [0.717, 1.165) is 73.9 Å². The van der Waals surface area contributed by atoms with Crippen LogP contribution in [0.3, 0.4) is 0 Å². The largest absolute Gasteiger partial charge is 0.311 e. The van der Waals surface area contributed by atoms with Crippen molar-refractivity contribution in [2.24, 2.45) is 0 Å². The van der Waals surface area contributed by atoms with E-state index >= 15 is 0 Å². The molecular weight excluding hydrogens is 946 g/mol. The summed E-state index contributed by atoms with van der Waals surface area (Å²) >= 11 is 0. The number of anilines is 15. The lowest BCUT2D eigenvalue weighted by Gasteiger charge is -2.46. The number of para-hydroxylation sites is 6. The molecule has 0 bridgehead atoms. The van der Waals surface area contributed by atoms with Gasteiger partial charge in [0.25, 0.3) is 6.71 Å². The molecule has 0 saturated carbocycles. The van der Waals surface area contributed by atoms with Gasteiger partial charge in [0.15, 0.2) is 0 Å². The van der Waals surface area contributed by atoms with E-state index in [1.54, 1.807) is 0 Å². The predicted octanol–water partition coefficient (Wildman–Crippen LogP) is 18.0. The Balaban J connectivity index is 1.17. The fourth-order valence-electron chi connectivity index (χ4n) is 12.7. The molecule has 0 amide bonds. The van der Waals surface area contributed by atoms with Crippen molar-refractivity contribution in [3.63, 3.8) is 0 Å². The average Bonchev–Trinajstić information content (AvgIpc) is 3.63. The number of fused-ring (bicyclic) bond motifs is 4. The molecule has 376 valence electrons. The lowest BCUT2D eigenvalue weighted by molar-refractivity contribution is 1.17. The summed E-state index contributed by atoms with van der Waals surface area (Å²) in [6.45, 7) is 13.4. The molecule has 13 rings (SSSR count). The van der Waals surface area contributed by atoms with Crippen LogP contribution in [0.1, 0.15) is 33.4 Å². The maximum Gasteiger partial charge on any atom is 0.252 e. The molecule has 0 aromatic heterocycles. The third kappa shape index (κ3) is 8.38. The average molecular weight is 1010 g/mol. The Morgan fingerprint density at radius 1 is 0.256 bits per heavy atom. The third-order valence-corrected chi connectivity index (χ3v) is 15.6. The van der Waals surface area contributed by atoms with E-state index in [-0.39, 0.29) is 6.71 Å². The van der Waals surface area contributed by atoms with E-state index in [2.05, 4.69) is 321 Å². The van der Waals surface area contributed by atoms with Crippen LogP contribution < -0.4 is 40.9 Å². The zero-order chi connectivity index (χ0) is 53.0. The fourth-order valence-corrected chi connectivity index (χ4v) is 12.7. The van der Waals surface area contributed by atoms with Gasteiger partial charge in [-0.25, -0.2) is 0 Å². The Morgan fingerprint density at radius 2 is 0.513 bits per heavy atom. The van der Waals surface area contributed by atoms with Gasteiger partial charge in [-0.05, 0) is 189 Å². The highest BCUT2D eigenvalue weighted by Gasteiger charge is 2.45. The van der Waals surface area contributed by atoms with Gasteiger partial charge in [-0.1, -0.05) is 157 Å². The van der Waals surface area contributed by atoms with E-state index in [0.29, 0.717) is 0 Å². The topological polar surface area (TPSA) is 16.2 Å². The summed E-state index contributed by atoms with van der Waals surface area (Å²) in [6, 6.07) is 93.6. The lowest BCUT2D eigenvalue weighted by Crippen LogP contribution is -2.61. The van der Waals surface area contributed by atoms with Crippen LogP contribution in [0.5, 0.6) is 0 Å². The molecule has 0 aliphatic carbocycles. The van der Waals surface area contributed by atoms with Crippen molar-refractivity contribution in [2.45, 2.75) is 41.5 Å². The molecule has 6 heteroatoms.